The second-order valence-corrected chi connectivity index (χ2v) is 10.7. The number of carbonyl (C=O) groups excluding carboxylic acids is 1. The standard InChI is InChI=1S/C22H32F2O2/c1-12(25)26-19-7-6-15-14-5-4-13-10-17-18(22(17,23)24)11-21(13,3)16(14)8-9-20(15,19)2/h13-19H,4-11H2,1-3H3/t13-,14+,15+,16+,17-,18-,19-,20+,21+/m1/s1. The minimum absolute atomic E-state index is 0.0555. The van der Waals surface area contributed by atoms with E-state index in [0.717, 1.165) is 44.9 Å². The zero-order valence-electron chi connectivity index (χ0n) is 16.3. The summed E-state index contributed by atoms with van der Waals surface area (Å²) in [6, 6.07) is 0. The van der Waals surface area contributed by atoms with Crippen molar-refractivity contribution in [3.63, 3.8) is 0 Å². The third-order valence-corrected chi connectivity index (χ3v) is 9.85. The quantitative estimate of drug-likeness (QED) is 0.577. The van der Waals surface area contributed by atoms with Crippen LogP contribution in [0.15, 0.2) is 0 Å². The van der Waals surface area contributed by atoms with Crippen LogP contribution in [-0.2, 0) is 9.53 Å². The highest BCUT2D eigenvalue weighted by Gasteiger charge is 2.74. The van der Waals surface area contributed by atoms with Gasteiger partial charge in [-0.3, -0.25) is 4.79 Å². The van der Waals surface area contributed by atoms with E-state index < -0.39 is 5.92 Å². The zero-order valence-corrected chi connectivity index (χ0v) is 16.3. The number of halogens is 2. The van der Waals surface area contributed by atoms with Gasteiger partial charge in [-0.1, -0.05) is 13.8 Å². The highest BCUT2D eigenvalue weighted by molar-refractivity contribution is 5.66. The second kappa shape index (κ2) is 5.23. The maximum absolute atomic E-state index is 14.1. The summed E-state index contributed by atoms with van der Waals surface area (Å²) in [7, 11) is 0. The van der Waals surface area contributed by atoms with Crippen LogP contribution in [0.25, 0.3) is 0 Å². The third-order valence-electron chi connectivity index (χ3n) is 9.85. The van der Waals surface area contributed by atoms with E-state index in [1.165, 1.54) is 13.3 Å². The van der Waals surface area contributed by atoms with Crippen molar-refractivity contribution in [1.29, 1.82) is 0 Å². The summed E-state index contributed by atoms with van der Waals surface area (Å²) in [6.07, 6.45) is 8.21. The molecule has 0 heterocycles. The van der Waals surface area contributed by atoms with Crippen LogP contribution < -0.4 is 0 Å². The fraction of sp³-hybridized carbons (Fsp3) is 0.955. The van der Waals surface area contributed by atoms with Crippen molar-refractivity contribution in [1.82, 2.24) is 0 Å². The molecule has 0 N–H and O–H groups in total. The minimum atomic E-state index is -2.38. The van der Waals surface area contributed by atoms with E-state index in [4.69, 9.17) is 4.74 Å². The molecule has 0 aliphatic heterocycles. The molecule has 146 valence electrons. The van der Waals surface area contributed by atoms with E-state index in [1.807, 2.05) is 0 Å². The van der Waals surface area contributed by atoms with Crippen molar-refractivity contribution < 1.29 is 18.3 Å². The van der Waals surface area contributed by atoms with Crippen molar-refractivity contribution in [2.75, 3.05) is 0 Å². The Hall–Kier alpha value is -0.670. The number of hydrogen-bond acceptors (Lipinski definition) is 2. The molecule has 0 saturated heterocycles. The first-order valence-corrected chi connectivity index (χ1v) is 10.7. The largest absolute Gasteiger partial charge is 0.462 e. The van der Waals surface area contributed by atoms with Crippen LogP contribution in [0.1, 0.15) is 72.1 Å². The van der Waals surface area contributed by atoms with Crippen LogP contribution in [0.4, 0.5) is 8.78 Å². The van der Waals surface area contributed by atoms with Crippen molar-refractivity contribution in [2.24, 2.45) is 46.3 Å². The number of alkyl halides is 2. The maximum atomic E-state index is 14.1. The molecule has 0 aromatic heterocycles. The summed E-state index contributed by atoms with van der Waals surface area (Å²) < 4.78 is 34.0. The fourth-order valence-corrected chi connectivity index (χ4v) is 8.43. The average molecular weight is 366 g/mol. The van der Waals surface area contributed by atoms with Gasteiger partial charge in [0.1, 0.15) is 6.10 Å². The number of carbonyl (C=O) groups is 1. The molecular formula is C22H32F2O2. The van der Waals surface area contributed by atoms with E-state index >= 15 is 0 Å². The summed E-state index contributed by atoms with van der Waals surface area (Å²) in [5.41, 5.74) is 0.196. The Labute approximate surface area is 155 Å². The maximum Gasteiger partial charge on any atom is 0.302 e. The Morgan fingerprint density at radius 1 is 0.923 bits per heavy atom. The predicted molar refractivity (Wildman–Crippen MR) is 94.6 cm³/mol. The molecule has 5 aliphatic carbocycles. The number of esters is 1. The van der Waals surface area contributed by atoms with Crippen LogP contribution in [-0.4, -0.2) is 18.0 Å². The van der Waals surface area contributed by atoms with Gasteiger partial charge in [-0.2, -0.15) is 0 Å². The van der Waals surface area contributed by atoms with E-state index in [2.05, 4.69) is 13.8 Å². The molecule has 5 fully saturated rings. The van der Waals surface area contributed by atoms with Gasteiger partial charge in [0.2, 0.25) is 0 Å². The molecule has 9 atom stereocenters. The molecule has 26 heavy (non-hydrogen) atoms. The zero-order chi connectivity index (χ0) is 18.5. The van der Waals surface area contributed by atoms with E-state index in [0.29, 0.717) is 23.7 Å². The molecule has 0 unspecified atom stereocenters. The Morgan fingerprint density at radius 2 is 1.65 bits per heavy atom. The molecule has 0 spiro atoms. The molecule has 5 saturated carbocycles. The SMILES string of the molecule is CC(=O)O[C@@H]1CC[C@H]2[C@@H]3CC[C@@H]4C[C@@H]5[C@@H](C[C@]4(C)[C@H]3CC[C@]12C)C5(F)F. The second-order valence-electron chi connectivity index (χ2n) is 10.7. The Morgan fingerprint density at radius 3 is 2.38 bits per heavy atom. The smallest absolute Gasteiger partial charge is 0.302 e. The van der Waals surface area contributed by atoms with E-state index in [9.17, 15) is 13.6 Å². The van der Waals surface area contributed by atoms with Gasteiger partial charge in [0, 0.05) is 24.2 Å². The lowest BCUT2D eigenvalue weighted by Gasteiger charge is -2.60. The Bertz CT molecular complexity index is 634. The minimum Gasteiger partial charge on any atom is -0.462 e. The lowest BCUT2D eigenvalue weighted by Crippen LogP contribution is -2.53. The van der Waals surface area contributed by atoms with Crippen molar-refractivity contribution in [3.8, 4) is 0 Å². The van der Waals surface area contributed by atoms with Crippen LogP contribution in [0.5, 0.6) is 0 Å². The van der Waals surface area contributed by atoms with Crippen LogP contribution in [0, 0.1) is 46.3 Å². The lowest BCUT2D eigenvalue weighted by molar-refractivity contribution is -0.161. The van der Waals surface area contributed by atoms with Crippen LogP contribution >= 0.6 is 0 Å². The molecule has 0 aromatic carbocycles. The Kier molecular flexibility index (Phi) is 3.50. The summed E-state index contributed by atoms with van der Waals surface area (Å²) in [6.45, 7) is 6.19. The number of ether oxygens (including phenoxy) is 1. The van der Waals surface area contributed by atoms with Crippen molar-refractivity contribution in [3.05, 3.63) is 0 Å². The topological polar surface area (TPSA) is 26.3 Å². The highest BCUT2D eigenvalue weighted by atomic mass is 19.3. The monoisotopic (exact) mass is 366 g/mol. The third kappa shape index (κ3) is 2.11. The molecule has 5 rings (SSSR count). The molecule has 0 aromatic rings. The number of hydrogen-bond donors (Lipinski definition) is 0. The molecule has 0 radical (unpaired) electrons. The average Bonchev–Trinajstić information content (AvgIpc) is 2.91. The predicted octanol–water partition coefficient (Wildman–Crippen LogP) is 5.45. The summed E-state index contributed by atoms with van der Waals surface area (Å²) in [5.74, 6) is -0.878. The molecule has 4 heteroatoms. The normalized spacial score (nSPS) is 56.6. The van der Waals surface area contributed by atoms with Crippen LogP contribution in [0.2, 0.25) is 0 Å². The van der Waals surface area contributed by atoms with Gasteiger partial charge >= 0.3 is 5.97 Å². The fourth-order valence-electron chi connectivity index (χ4n) is 8.43. The molecule has 0 amide bonds. The van der Waals surface area contributed by atoms with Gasteiger partial charge in [-0.15, -0.1) is 0 Å². The van der Waals surface area contributed by atoms with Gasteiger partial charge < -0.3 is 4.74 Å². The molecule has 5 aliphatic rings. The van der Waals surface area contributed by atoms with Crippen molar-refractivity contribution >= 4 is 5.97 Å². The van der Waals surface area contributed by atoms with Gasteiger partial charge in [0.25, 0.3) is 5.92 Å². The van der Waals surface area contributed by atoms with Gasteiger partial charge in [0.15, 0.2) is 0 Å². The number of fused-ring (bicyclic) bond motifs is 6. The summed E-state index contributed by atoms with van der Waals surface area (Å²) >= 11 is 0. The van der Waals surface area contributed by atoms with E-state index in [1.54, 1.807) is 0 Å². The summed E-state index contributed by atoms with van der Waals surface area (Å²) in [5, 5.41) is 0. The summed E-state index contributed by atoms with van der Waals surface area (Å²) in [4.78, 5) is 11.5. The Balaban J connectivity index is 1.41. The first-order chi connectivity index (χ1) is 12.2. The lowest BCUT2D eigenvalue weighted by atomic mass is 9.45. The van der Waals surface area contributed by atoms with E-state index in [-0.39, 0.29) is 34.7 Å². The first kappa shape index (κ1) is 17.4. The van der Waals surface area contributed by atoms with Crippen LogP contribution in [0.3, 0.4) is 0 Å². The van der Waals surface area contributed by atoms with Crippen molar-refractivity contribution in [2.45, 2.75) is 84.2 Å². The molecule has 0 bridgehead atoms. The number of rotatable bonds is 1. The highest BCUT2D eigenvalue weighted by Crippen LogP contribution is 2.73. The first-order valence-electron chi connectivity index (χ1n) is 10.7. The molecular weight excluding hydrogens is 334 g/mol. The van der Waals surface area contributed by atoms with Gasteiger partial charge in [-0.25, -0.2) is 8.78 Å². The van der Waals surface area contributed by atoms with Gasteiger partial charge in [0.05, 0.1) is 0 Å². The molecule has 2 nitrogen and oxygen atoms in total. The van der Waals surface area contributed by atoms with Gasteiger partial charge in [-0.05, 0) is 80.5 Å².